The van der Waals surface area contributed by atoms with Crippen LogP contribution >= 0.6 is 11.8 Å². The highest BCUT2D eigenvalue weighted by Crippen LogP contribution is 2.24. The molecule has 2 aromatic rings. The van der Waals surface area contributed by atoms with Gasteiger partial charge in [-0.3, -0.25) is 0 Å². The Morgan fingerprint density at radius 3 is 2.80 bits per heavy atom. The monoisotopic (exact) mass is 291 g/mol. The summed E-state index contributed by atoms with van der Waals surface area (Å²) in [7, 11) is 0. The standard InChI is InChI=1S/C16H21NO2S/c1-11(2)19-9-13(18)10-20-16-8-12(3)14-6-4-5-7-15(14)17-16/h4-8,11,13,18H,9-10H2,1-3H3. The quantitative estimate of drug-likeness (QED) is 0.828. The highest BCUT2D eigenvalue weighted by molar-refractivity contribution is 7.99. The molecule has 0 saturated heterocycles. The van der Waals surface area contributed by atoms with Crippen LogP contribution in [-0.2, 0) is 4.74 Å². The van der Waals surface area contributed by atoms with E-state index in [-0.39, 0.29) is 6.10 Å². The molecule has 20 heavy (non-hydrogen) atoms. The van der Waals surface area contributed by atoms with Crippen LogP contribution in [0.4, 0.5) is 0 Å². The molecule has 0 spiro atoms. The van der Waals surface area contributed by atoms with Crippen molar-refractivity contribution in [3.8, 4) is 0 Å². The first kappa shape index (κ1) is 15.3. The Morgan fingerprint density at radius 2 is 2.05 bits per heavy atom. The summed E-state index contributed by atoms with van der Waals surface area (Å²) in [5.41, 5.74) is 2.22. The predicted octanol–water partition coefficient (Wildman–Crippen LogP) is 3.42. The van der Waals surface area contributed by atoms with Gasteiger partial charge in [0.05, 0.1) is 29.4 Å². The molecule has 1 aromatic carbocycles. The Balaban J connectivity index is 1.99. The van der Waals surface area contributed by atoms with Crippen molar-refractivity contribution in [1.29, 1.82) is 0 Å². The van der Waals surface area contributed by atoms with Crippen LogP contribution < -0.4 is 0 Å². The fraction of sp³-hybridized carbons (Fsp3) is 0.438. The van der Waals surface area contributed by atoms with E-state index in [0.717, 1.165) is 10.5 Å². The molecule has 2 rings (SSSR count). The Kier molecular flexibility index (Phi) is 5.40. The lowest BCUT2D eigenvalue weighted by Gasteiger charge is -2.13. The van der Waals surface area contributed by atoms with Crippen molar-refractivity contribution in [2.75, 3.05) is 12.4 Å². The normalized spacial score (nSPS) is 13.1. The highest BCUT2D eigenvalue weighted by Gasteiger charge is 2.09. The average molecular weight is 291 g/mol. The molecule has 0 aliphatic carbocycles. The zero-order chi connectivity index (χ0) is 14.5. The summed E-state index contributed by atoms with van der Waals surface area (Å²) in [6.45, 7) is 6.39. The molecule has 1 N–H and O–H groups in total. The van der Waals surface area contributed by atoms with Gasteiger partial charge in [0, 0.05) is 11.1 Å². The van der Waals surface area contributed by atoms with Crippen LogP contribution in [0.3, 0.4) is 0 Å². The smallest absolute Gasteiger partial charge is 0.0971 e. The molecule has 0 radical (unpaired) electrons. The molecule has 0 aliphatic rings. The molecule has 4 heteroatoms. The van der Waals surface area contributed by atoms with Crippen LogP contribution in [0.5, 0.6) is 0 Å². The van der Waals surface area contributed by atoms with E-state index in [1.54, 1.807) is 11.8 Å². The van der Waals surface area contributed by atoms with E-state index in [1.165, 1.54) is 10.9 Å². The zero-order valence-electron chi connectivity index (χ0n) is 12.2. The summed E-state index contributed by atoms with van der Waals surface area (Å²) < 4.78 is 5.40. The Bertz CT molecular complexity index is 571. The number of benzene rings is 1. The van der Waals surface area contributed by atoms with E-state index in [9.17, 15) is 5.11 Å². The SMILES string of the molecule is Cc1cc(SCC(O)COC(C)C)nc2ccccc12. The van der Waals surface area contributed by atoms with Crippen LogP contribution in [0.1, 0.15) is 19.4 Å². The van der Waals surface area contributed by atoms with E-state index in [4.69, 9.17) is 4.74 Å². The molecule has 0 bridgehead atoms. The van der Waals surface area contributed by atoms with Gasteiger partial charge in [-0.05, 0) is 38.5 Å². The van der Waals surface area contributed by atoms with Gasteiger partial charge in [0.2, 0.25) is 0 Å². The van der Waals surface area contributed by atoms with Crippen molar-refractivity contribution in [2.24, 2.45) is 0 Å². The van der Waals surface area contributed by atoms with Gasteiger partial charge in [0.1, 0.15) is 0 Å². The van der Waals surface area contributed by atoms with Gasteiger partial charge in [-0.1, -0.05) is 18.2 Å². The number of nitrogens with zero attached hydrogens (tertiary/aromatic N) is 1. The first-order valence-electron chi connectivity index (χ1n) is 6.85. The number of hydrogen-bond donors (Lipinski definition) is 1. The maximum absolute atomic E-state index is 9.87. The number of para-hydroxylation sites is 1. The number of aromatic nitrogens is 1. The van der Waals surface area contributed by atoms with Crippen LogP contribution in [0.15, 0.2) is 35.4 Å². The second kappa shape index (κ2) is 7.07. The van der Waals surface area contributed by atoms with Crippen LogP contribution in [-0.4, -0.2) is 34.7 Å². The lowest BCUT2D eigenvalue weighted by Crippen LogP contribution is -2.20. The minimum atomic E-state index is -0.462. The molecule has 1 heterocycles. The maximum Gasteiger partial charge on any atom is 0.0971 e. The molecule has 1 aromatic heterocycles. The number of fused-ring (bicyclic) bond motifs is 1. The zero-order valence-corrected chi connectivity index (χ0v) is 13.0. The van der Waals surface area contributed by atoms with Gasteiger partial charge in [-0.2, -0.15) is 0 Å². The molecule has 0 fully saturated rings. The van der Waals surface area contributed by atoms with Gasteiger partial charge in [-0.15, -0.1) is 11.8 Å². The van der Waals surface area contributed by atoms with Crippen molar-refractivity contribution in [1.82, 2.24) is 4.98 Å². The van der Waals surface area contributed by atoms with Crippen LogP contribution in [0, 0.1) is 6.92 Å². The van der Waals surface area contributed by atoms with Crippen LogP contribution in [0.2, 0.25) is 0 Å². The molecular formula is C16H21NO2S. The van der Waals surface area contributed by atoms with Gasteiger partial charge in [-0.25, -0.2) is 4.98 Å². The molecule has 0 aliphatic heterocycles. The number of ether oxygens (including phenoxy) is 1. The van der Waals surface area contributed by atoms with Crippen molar-refractivity contribution in [3.05, 3.63) is 35.9 Å². The van der Waals surface area contributed by atoms with E-state index in [2.05, 4.69) is 24.0 Å². The number of aliphatic hydroxyl groups excluding tert-OH is 1. The predicted molar refractivity (Wildman–Crippen MR) is 84.3 cm³/mol. The maximum atomic E-state index is 9.87. The Hall–Kier alpha value is -1.10. The summed E-state index contributed by atoms with van der Waals surface area (Å²) in [5, 5.41) is 12.0. The number of aliphatic hydroxyl groups is 1. The molecule has 0 amide bonds. The average Bonchev–Trinajstić information content (AvgIpc) is 2.43. The number of pyridine rings is 1. The van der Waals surface area contributed by atoms with Crippen LogP contribution in [0.25, 0.3) is 10.9 Å². The van der Waals surface area contributed by atoms with E-state index >= 15 is 0 Å². The third-order valence-corrected chi connectivity index (χ3v) is 4.00. The minimum Gasteiger partial charge on any atom is -0.390 e. The summed E-state index contributed by atoms with van der Waals surface area (Å²) in [6.07, 6.45) is -0.313. The minimum absolute atomic E-state index is 0.149. The first-order valence-corrected chi connectivity index (χ1v) is 7.83. The number of aryl methyl sites for hydroxylation is 1. The largest absolute Gasteiger partial charge is 0.390 e. The fourth-order valence-electron chi connectivity index (χ4n) is 1.93. The second-order valence-corrected chi connectivity index (χ2v) is 6.18. The Morgan fingerprint density at radius 1 is 1.30 bits per heavy atom. The topological polar surface area (TPSA) is 42.4 Å². The third kappa shape index (κ3) is 4.20. The van der Waals surface area contributed by atoms with Crippen molar-refractivity contribution in [3.63, 3.8) is 0 Å². The van der Waals surface area contributed by atoms with Gasteiger partial charge >= 0.3 is 0 Å². The summed E-state index contributed by atoms with van der Waals surface area (Å²) >= 11 is 1.57. The lowest BCUT2D eigenvalue weighted by atomic mass is 10.1. The summed E-state index contributed by atoms with van der Waals surface area (Å²) in [4.78, 5) is 4.61. The van der Waals surface area contributed by atoms with Crippen molar-refractivity contribution < 1.29 is 9.84 Å². The van der Waals surface area contributed by atoms with Crippen molar-refractivity contribution >= 4 is 22.7 Å². The van der Waals surface area contributed by atoms with E-state index in [1.807, 2.05) is 32.0 Å². The molecule has 0 saturated carbocycles. The summed E-state index contributed by atoms with van der Waals surface area (Å²) in [5.74, 6) is 0.595. The molecule has 3 nitrogen and oxygen atoms in total. The highest BCUT2D eigenvalue weighted by atomic mass is 32.2. The second-order valence-electron chi connectivity index (χ2n) is 5.14. The number of rotatable bonds is 6. The molecule has 108 valence electrons. The third-order valence-electron chi connectivity index (χ3n) is 2.95. The van der Waals surface area contributed by atoms with Crippen molar-refractivity contribution in [2.45, 2.75) is 38.0 Å². The Labute approximate surface area is 124 Å². The number of thioether (sulfide) groups is 1. The molecule has 1 atom stereocenters. The van der Waals surface area contributed by atoms with Gasteiger partial charge in [0.25, 0.3) is 0 Å². The van der Waals surface area contributed by atoms with E-state index in [0.29, 0.717) is 12.4 Å². The molecular weight excluding hydrogens is 270 g/mol. The fourth-order valence-corrected chi connectivity index (χ4v) is 2.81. The van der Waals surface area contributed by atoms with E-state index < -0.39 is 6.10 Å². The number of hydrogen-bond acceptors (Lipinski definition) is 4. The molecule has 1 unspecified atom stereocenters. The van der Waals surface area contributed by atoms with Gasteiger partial charge < -0.3 is 9.84 Å². The lowest BCUT2D eigenvalue weighted by molar-refractivity contribution is 0.0152. The summed E-state index contributed by atoms with van der Waals surface area (Å²) in [6, 6.07) is 10.2. The van der Waals surface area contributed by atoms with Gasteiger partial charge in [0.15, 0.2) is 0 Å². The first-order chi connectivity index (χ1) is 9.56.